The number of hydrogen-bond acceptors (Lipinski definition) is 4. The predicted molar refractivity (Wildman–Crippen MR) is 117 cm³/mol. The maximum absolute atomic E-state index is 13.7. The van der Waals surface area contributed by atoms with Gasteiger partial charge in [-0.1, -0.05) is 25.1 Å². The molecule has 5 nitrogen and oxygen atoms in total. The van der Waals surface area contributed by atoms with Crippen molar-refractivity contribution in [1.29, 1.82) is 0 Å². The van der Waals surface area contributed by atoms with Crippen molar-refractivity contribution in [2.24, 2.45) is 4.99 Å². The molecule has 1 aromatic carbocycles. The Morgan fingerprint density at radius 2 is 1.76 bits per heavy atom. The summed E-state index contributed by atoms with van der Waals surface area (Å²) in [6.07, 6.45) is -0.913. The maximum Gasteiger partial charge on any atom is 0.433 e. The number of halogens is 4. The fourth-order valence-electron chi connectivity index (χ4n) is 4.15. The van der Waals surface area contributed by atoms with Crippen LogP contribution in [0.4, 0.5) is 17.6 Å². The largest absolute Gasteiger partial charge is 0.433 e. The van der Waals surface area contributed by atoms with Crippen molar-refractivity contribution in [2.45, 2.75) is 44.6 Å². The van der Waals surface area contributed by atoms with Crippen LogP contribution in [0.25, 0.3) is 0 Å². The number of aromatic nitrogens is 2. The molecule has 1 unspecified atom stereocenters. The first-order valence-corrected chi connectivity index (χ1v) is 10.5. The standard InChI is InChI=1S/C24H22F4N4O/c1-3-12-32-14-16(4-11-21(32)33)22-30-15(2)23(31-22,17-5-8-19(25)9-6-17)18-7-10-20(29-13-18)24(26,27)28/h4-11,13-15H,3,12H2,1-2H3,(H,30,31)/t15-,23?/m0/s1. The molecule has 0 spiro atoms. The molecule has 0 aliphatic carbocycles. The number of pyridine rings is 2. The van der Waals surface area contributed by atoms with Crippen molar-refractivity contribution < 1.29 is 17.6 Å². The van der Waals surface area contributed by atoms with Crippen molar-refractivity contribution in [2.75, 3.05) is 0 Å². The Morgan fingerprint density at radius 1 is 1.06 bits per heavy atom. The number of nitrogens with one attached hydrogen (secondary N) is 1. The number of amidine groups is 1. The summed E-state index contributed by atoms with van der Waals surface area (Å²) >= 11 is 0. The molecule has 172 valence electrons. The van der Waals surface area contributed by atoms with Gasteiger partial charge in [0.05, 0.1) is 6.04 Å². The SMILES string of the molecule is CCCn1cc(C2=N[C@@H](C)C(c3ccc(F)cc3)(c3ccc(C(F)(F)F)nc3)N2)ccc1=O. The highest BCUT2D eigenvalue weighted by atomic mass is 19.4. The molecule has 4 rings (SSSR count). The smallest absolute Gasteiger partial charge is 0.354 e. The summed E-state index contributed by atoms with van der Waals surface area (Å²) in [5.41, 5.74) is -0.471. The van der Waals surface area contributed by atoms with Crippen LogP contribution in [0.5, 0.6) is 0 Å². The minimum Gasteiger partial charge on any atom is -0.354 e. The van der Waals surface area contributed by atoms with Gasteiger partial charge in [-0.3, -0.25) is 14.8 Å². The van der Waals surface area contributed by atoms with Crippen LogP contribution in [0, 0.1) is 5.82 Å². The van der Waals surface area contributed by atoms with Crippen molar-refractivity contribution in [3.63, 3.8) is 0 Å². The van der Waals surface area contributed by atoms with Crippen LogP contribution in [0.3, 0.4) is 0 Å². The summed E-state index contributed by atoms with van der Waals surface area (Å²) in [7, 11) is 0. The number of hydrogen-bond donors (Lipinski definition) is 1. The summed E-state index contributed by atoms with van der Waals surface area (Å²) in [5.74, 6) is 0.0504. The monoisotopic (exact) mass is 458 g/mol. The lowest BCUT2D eigenvalue weighted by Crippen LogP contribution is -2.48. The zero-order chi connectivity index (χ0) is 23.8. The Morgan fingerprint density at radius 3 is 2.36 bits per heavy atom. The van der Waals surface area contributed by atoms with Crippen molar-refractivity contribution in [3.05, 3.63) is 99.5 Å². The van der Waals surface area contributed by atoms with Crippen LogP contribution in [-0.4, -0.2) is 21.4 Å². The van der Waals surface area contributed by atoms with Gasteiger partial charge in [-0.2, -0.15) is 13.2 Å². The second kappa shape index (κ2) is 8.46. The molecule has 0 bridgehead atoms. The number of rotatable bonds is 5. The zero-order valence-electron chi connectivity index (χ0n) is 18.0. The Kier molecular flexibility index (Phi) is 5.82. The summed E-state index contributed by atoms with van der Waals surface area (Å²) in [5, 5.41) is 3.36. The molecule has 0 radical (unpaired) electrons. The average molecular weight is 458 g/mol. The van der Waals surface area contributed by atoms with Gasteiger partial charge in [-0.25, -0.2) is 4.39 Å². The molecule has 9 heteroatoms. The molecular weight excluding hydrogens is 436 g/mol. The summed E-state index contributed by atoms with van der Waals surface area (Å²) in [4.78, 5) is 20.5. The number of nitrogens with zero attached hydrogens (tertiary/aromatic N) is 3. The topological polar surface area (TPSA) is 59.3 Å². The maximum atomic E-state index is 13.7. The lowest BCUT2D eigenvalue weighted by Gasteiger charge is -2.35. The van der Waals surface area contributed by atoms with Crippen LogP contribution in [0.2, 0.25) is 0 Å². The number of aliphatic imine (C=N–C) groups is 1. The second-order valence-electron chi connectivity index (χ2n) is 7.97. The Bertz CT molecular complexity index is 1230. The summed E-state index contributed by atoms with van der Waals surface area (Å²) < 4.78 is 54.5. The molecule has 33 heavy (non-hydrogen) atoms. The molecular formula is C24H22F4N4O. The number of aryl methyl sites for hydroxylation is 1. The van der Waals surface area contributed by atoms with Crippen molar-refractivity contribution in [1.82, 2.24) is 14.9 Å². The molecule has 0 saturated carbocycles. The fraction of sp³-hybridized carbons (Fsp3) is 0.292. The number of alkyl halides is 3. The minimum absolute atomic E-state index is 0.135. The highest BCUT2D eigenvalue weighted by Crippen LogP contribution is 2.39. The van der Waals surface area contributed by atoms with Crippen molar-refractivity contribution in [3.8, 4) is 0 Å². The molecule has 0 amide bonds. The van der Waals surface area contributed by atoms with E-state index in [2.05, 4.69) is 10.3 Å². The van der Waals surface area contributed by atoms with Gasteiger partial charge >= 0.3 is 6.18 Å². The first kappa shape index (κ1) is 22.7. The molecule has 1 aliphatic heterocycles. The average Bonchev–Trinajstić information content (AvgIpc) is 3.13. The Balaban J connectivity index is 1.81. The van der Waals surface area contributed by atoms with E-state index < -0.39 is 29.3 Å². The lowest BCUT2D eigenvalue weighted by atomic mass is 9.79. The van der Waals surface area contributed by atoms with E-state index in [1.165, 1.54) is 30.5 Å². The summed E-state index contributed by atoms with van der Waals surface area (Å²) in [6, 6.07) is 10.7. The van der Waals surface area contributed by atoms with Crippen molar-refractivity contribution >= 4 is 5.84 Å². The lowest BCUT2D eigenvalue weighted by molar-refractivity contribution is -0.141. The fourth-order valence-corrected chi connectivity index (χ4v) is 4.15. The molecule has 0 saturated heterocycles. The van der Waals surface area contributed by atoms with Gasteiger partial charge in [-0.05, 0) is 43.2 Å². The zero-order valence-corrected chi connectivity index (χ0v) is 18.0. The first-order valence-electron chi connectivity index (χ1n) is 10.5. The van der Waals surface area contributed by atoms with Crippen LogP contribution in [0.15, 0.2) is 70.7 Å². The van der Waals surface area contributed by atoms with Crippen LogP contribution in [0.1, 0.15) is 42.7 Å². The van der Waals surface area contributed by atoms with E-state index in [-0.39, 0.29) is 5.56 Å². The van der Waals surface area contributed by atoms with E-state index in [1.807, 2.05) is 13.8 Å². The van der Waals surface area contributed by atoms with Gasteiger partial charge in [0.1, 0.15) is 22.9 Å². The normalized spacial score (nSPS) is 20.4. The molecule has 2 aromatic heterocycles. The Labute approximate surface area is 187 Å². The van der Waals surface area contributed by atoms with Gasteiger partial charge in [0, 0.05) is 36.1 Å². The number of benzene rings is 1. The van der Waals surface area contributed by atoms with Gasteiger partial charge < -0.3 is 9.88 Å². The van der Waals surface area contributed by atoms with Gasteiger partial charge in [0.2, 0.25) is 0 Å². The van der Waals surface area contributed by atoms with Gasteiger partial charge in [-0.15, -0.1) is 0 Å². The van der Waals surface area contributed by atoms with Crippen LogP contribution < -0.4 is 10.9 Å². The molecule has 0 fully saturated rings. The van der Waals surface area contributed by atoms with Crippen LogP contribution in [-0.2, 0) is 18.3 Å². The minimum atomic E-state index is -4.56. The molecule has 3 aromatic rings. The highest BCUT2D eigenvalue weighted by molar-refractivity contribution is 6.01. The second-order valence-corrected chi connectivity index (χ2v) is 7.97. The summed E-state index contributed by atoms with van der Waals surface area (Å²) in [6.45, 7) is 4.33. The van der Waals surface area contributed by atoms with E-state index >= 15 is 0 Å². The van der Waals surface area contributed by atoms with Crippen LogP contribution >= 0.6 is 0 Å². The third-order valence-electron chi connectivity index (χ3n) is 5.80. The third kappa shape index (κ3) is 4.15. The third-order valence-corrected chi connectivity index (χ3v) is 5.80. The quantitative estimate of drug-likeness (QED) is 0.573. The Hall–Kier alpha value is -3.49. The van der Waals surface area contributed by atoms with Gasteiger partial charge in [0.25, 0.3) is 5.56 Å². The van der Waals surface area contributed by atoms with E-state index in [9.17, 15) is 22.4 Å². The molecule has 2 atom stereocenters. The van der Waals surface area contributed by atoms with E-state index in [0.29, 0.717) is 29.1 Å². The molecule has 1 aliphatic rings. The highest BCUT2D eigenvalue weighted by Gasteiger charge is 2.46. The van der Waals surface area contributed by atoms with E-state index in [0.717, 1.165) is 12.5 Å². The molecule has 1 N–H and O–H groups in total. The first-order chi connectivity index (χ1) is 15.6. The van der Waals surface area contributed by atoms with E-state index in [1.54, 1.807) is 29.0 Å². The van der Waals surface area contributed by atoms with Gasteiger partial charge in [0.15, 0.2) is 0 Å². The molecule has 3 heterocycles. The van der Waals surface area contributed by atoms with E-state index in [4.69, 9.17) is 4.99 Å². The predicted octanol–water partition coefficient (Wildman–Crippen LogP) is 4.49.